The molecule has 0 spiro atoms. The SMILES string of the molecule is CCCCCCCCCC(=O)O[C@@H]1[C@H](OC)[C@@H]([C@@H](O[C@H]2OC(C(=O)N[C@H]3CCC[C@H](C)NC3=O)=C[C@H](O)[C@@H]2O)C(N)=O)O[C@H]1n1ccc(=O)[nH]c1=O. The number of nitrogens with zero attached hydrogens (tertiary/aromatic N) is 1. The fourth-order valence-electron chi connectivity index (χ4n) is 6.47. The van der Waals surface area contributed by atoms with Crippen LogP contribution in [0, 0.1) is 0 Å². The van der Waals surface area contributed by atoms with Crippen LogP contribution in [0.5, 0.6) is 0 Å². The van der Waals surface area contributed by atoms with Crippen LogP contribution >= 0.6 is 0 Å². The minimum atomic E-state index is -1.88. The molecule has 18 heteroatoms. The molecule has 3 aliphatic rings. The van der Waals surface area contributed by atoms with E-state index in [-0.39, 0.29) is 12.5 Å². The van der Waals surface area contributed by atoms with Gasteiger partial charge in [-0.2, -0.15) is 0 Å². The Hall–Kier alpha value is -4.10. The Morgan fingerprint density at radius 3 is 2.46 bits per heavy atom. The molecule has 3 amide bonds. The topological polar surface area (TPSA) is 260 Å². The number of methoxy groups -OCH3 is 1. The van der Waals surface area contributed by atoms with Gasteiger partial charge in [-0.05, 0) is 38.7 Å². The molecule has 0 radical (unpaired) electrons. The zero-order valence-electron chi connectivity index (χ0n) is 29.7. The number of aromatic amines is 1. The highest BCUT2D eigenvalue weighted by Crippen LogP contribution is 2.36. The van der Waals surface area contributed by atoms with Gasteiger partial charge in [0.1, 0.15) is 30.5 Å². The highest BCUT2D eigenvalue weighted by atomic mass is 16.7. The van der Waals surface area contributed by atoms with E-state index < -0.39 is 95.9 Å². The highest BCUT2D eigenvalue weighted by Gasteiger charge is 2.54. The van der Waals surface area contributed by atoms with Crippen molar-refractivity contribution < 1.29 is 53.1 Å². The van der Waals surface area contributed by atoms with Gasteiger partial charge in [-0.15, -0.1) is 0 Å². The monoisotopic (exact) mass is 737 g/mol. The molecule has 290 valence electrons. The summed E-state index contributed by atoms with van der Waals surface area (Å²) in [6.07, 6.45) is -2.37. The van der Waals surface area contributed by atoms with E-state index in [1.165, 1.54) is 7.11 Å². The average Bonchev–Trinajstić information content (AvgIpc) is 3.35. The largest absolute Gasteiger partial charge is 0.456 e. The highest BCUT2D eigenvalue weighted by molar-refractivity contribution is 5.95. The van der Waals surface area contributed by atoms with Gasteiger partial charge in [-0.25, -0.2) is 4.79 Å². The number of hydrogen-bond donors (Lipinski definition) is 6. The number of amides is 3. The van der Waals surface area contributed by atoms with Crippen molar-refractivity contribution in [3.63, 3.8) is 0 Å². The summed E-state index contributed by atoms with van der Waals surface area (Å²) in [5, 5.41) is 26.7. The van der Waals surface area contributed by atoms with Gasteiger partial charge in [0.2, 0.25) is 18.1 Å². The molecule has 2 saturated heterocycles. The van der Waals surface area contributed by atoms with Crippen LogP contribution in [0.1, 0.15) is 90.7 Å². The summed E-state index contributed by atoms with van der Waals surface area (Å²) in [5.41, 5.74) is 4.12. The van der Waals surface area contributed by atoms with Crippen molar-refractivity contribution in [2.75, 3.05) is 7.11 Å². The van der Waals surface area contributed by atoms with Crippen LogP contribution in [-0.2, 0) is 42.9 Å². The molecule has 3 aliphatic heterocycles. The first-order valence-corrected chi connectivity index (χ1v) is 17.8. The number of unbranched alkanes of at least 4 members (excludes halogenated alkanes) is 6. The third kappa shape index (κ3) is 10.5. The van der Waals surface area contributed by atoms with Crippen LogP contribution in [0.3, 0.4) is 0 Å². The molecule has 0 aromatic carbocycles. The van der Waals surface area contributed by atoms with Gasteiger partial charge >= 0.3 is 11.7 Å². The number of rotatable bonds is 17. The van der Waals surface area contributed by atoms with E-state index >= 15 is 0 Å². The van der Waals surface area contributed by atoms with Crippen molar-refractivity contribution in [2.45, 2.75) is 146 Å². The molecule has 4 heterocycles. The quantitative estimate of drug-likeness (QED) is 0.0872. The van der Waals surface area contributed by atoms with Gasteiger partial charge in [0.15, 0.2) is 24.2 Å². The van der Waals surface area contributed by atoms with Gasteiger partial charge in [0.25, 0.3) is 11.5 Å². The van der Waals surface area contributed by atoms with E-state index in [1.54, 1.807) is 0 Å². The van der Waals surface area contributed by atoms with Crippen LogP contribution in [0.2, 0.25) is 0 Å². The zero-order valence-corrected chi connectivity index (χ0v) is 29.7. The molecular formula is C34H51N5O13. The fraction of sp³-hybridized carbons (Fsp3) is 0.706. The molecule has 10 atom stereocenters. The van der Waals surface area contributed by atoms with Crippen LogP contribution in [0.25, 0.3) is 0 Å². The number of aliphatic hydroxyl groups is 2. The van der Waals surface area contributed by atoms with Crippen LogP contribution in [-0.4, -0.2) is 106 Å². The van der Waals surface area contributed by atoms with Crippen molar-refractivity contribution >= 4 is 23.7 Å². The van der Waals surface area contributed by atoms with E-state index in [2.05, 4.69) is 22.5 Å². The van der Waals surface area contributed by atoms with Crippen molar-refractivity contribution in [1.82, 2.24) is 20.2 Å². The Bertz CT molecular complexity index is 1550. The van der Waals surface area contributed by atoms with E-state index in [4.69, 9.17) is 29.4 Å². The number of aromatic nitrogens is 2. The molecule has 2 fully saturated rings. The summed E-state index contributed by atoms with van der Waals surface area (Å²) in [6, 6.07) is 0.0756. The van der Waals surface area contributed by atoms with E-state index in [1.807, 2.05) is 6.92 Å². The summed E-state index contributed by atoms with van der Waals surface area (Å²) in [5.74, 6) is -3.57. The molecule has 0 saturated carbocycles. The Morgan fingerprint density at radius 1 is 1.08 bits per heavy atom. The number of carbonyl (C=O) groups is 4. The molecule has 52 heavy (non-hydrogen) atoms. The average molecular weight is 738 g/mol. The predicted octanol–water partition coefficient (Wildman–Crippen LogP) is -0.493. The lowest BCUT2D eigenvalue weighted by molar-refractivity contribution is -0.241. The number of nitrogens with one attached hydrogen (secondary N) is 3. The third-order valence-electron chi connectivity index (χ3n) is 9.29. The lowest BCUT2D eigenvalue weighted by Crippen LogP contribution is -2.54. The Labute approximate surface area is 300 Å². The maximum Gasteiger partial charge on any atom is 0.330 e. The smallest absolute Gasteiger partial charge is 0.330 e. The molecule has 1 aromatic rings. The molecule has 0 aliphatic carbocycles. The van der Waals surface area contributed by atoms with E-state index in [0.717, 1.165) is 67.9 Å². The number of nitrogens with two attached hydrogens (primary N) is 1. The summed E-state index contributed by atoms with van der Waals surface area (Å²) >= 11 is 0. The van der Waals surface area contributed by atoms with Crippen molar-refractivity contribution in [2.24, 2.45) is 5.73 Å². The van der Waals surface area contributed by atoms with Gasteiger partial charge in [-0.1, -0.05) is 45.4 Å². The van der Waals surface area contributed by atoms with Crippen molar-refractivity contribution in [3.8, 4) is 0 Å². The molecule has 18 nitrogen and oxygen atoms in total. The number of aliphatic hydroxyl groups excluding tert-OH is 2. The number of esters is 1. The van der Waals surface area contributed by atoms with Crippen molar-refractivity contribution in [1.29, 1.82) is 0 Å². The summed E-state index contributed by atoms with van der Waals surface area (Å²) in [6.45, 7) is 3.97. The van der Waals surface area contributed by atoms with Crippen molar-refractivity contribution in [3.05, 3.63) is 44.9 Å². The van der Waals surface area contributed by atoms with Gasteiger partial charge in [0.05, 0.1) is 0 Å². The lowest BCUT2D eigenvalue weighted by atomic mass is 10.0. The maximum atomic E-state index is 13.2. The molecule has 7 N–H and O–H groups in total. The lowest BCUT2D eigenvalue weighted by Gasteiger charge is -2.35. The van der Waals surface area contributed by atoms with Gasteiger partial charge in [0, 0.05) is 31.8 Å². The van der Waals surface area contributed by atoms with E-state index in [9.17, 15) is 39.0 Å². The second kappa shape index (κ2) is 19.1. The summed E-state index contributed by atoms with van der Waals surface area (Å²) in [4.78, 5) is 78.5. The predicted molar refractivity (Wildman–Crippen MR) is 181 cm³/mol. The number of ether oxygens (including phenoxy) is 5. The van der Waals surface area contributed by atoms with Crippen LogP contribution < -0.4 is 27.6 Å². The summed E-state index contributed by atoms with van der Waals surface area (Å²) < 4.78 is 29.8. The Balaban J connectivity index is 1.52. The number of carbonyl (C=O) groups excluding carboxylic acids is 4. The Kier molecular flexibility index (Phi) is 14.9. The minimum Gasteiger partial charge on any atom is -0.456 e. The maximum absolute atomic E-state index is 13.2. The first-order chi connectivity index (χ1) is 24.8. The Morgan fingerprint density at radius 2 is 1.79 bits per heavy atom. The number of hydrogen-bond acceptors (Lipinski definition) is 13. The molecular weight excluding hydrogens is 686 g/mol. The normalized spacial score (nSPS) is 29.6. The van der Waals surface area contributed by atoms with Gasteiger partial charge in [-0.3, -0.25) is 33.5 Å². The molecule has 0 unspecified atom stereocenters. The fourth-order valence-corrected chi connectivity index (χ4v) is 6.47. The second-order valence-corrected chi connectivity index (χ2v) is 13.4. The van der Waals surface area contributed by atoms with Crippen LogP contribution in [0.4, 0.5) is 0 Å². The number of primary amides is 1. The molecule has 0 bridgehead atoms. The first-order valence-electron chi connectivity index (χ1n) is 17.8. The van der Waals surface area contributed by atoms with Crippen LogP contribution in [0.15, 0.2) is 33.7 Å². The van der Waals surface area contributed by atoms with E-state index in [0.29, 0.717) is 19.3 Å². The minimum absolute atomic E-state index is 0.0487. The first kappa shape index (κ1) is 40.7. The second-order valence-electron chi connectivity index (χ2n) is 13.4. The third-order valence-corrected chi connectivity index (χ3v) is 9.29. The number of H-pyrrole nitrogens is 1. The van der Waals surface area contributed by atoms with Gasteiger partial charge < -0.3 is 50.3 Å². The molecule has 1 aromatic heterocycles. The molecule has 4 rings (SSSR count). The zero-order chi connectivity index (χ0) is 37.9. The standard InChI is InChI=1S/C34H51N5O13/c1-4-5-6-7-8-9-10-14-23(42)50-28-25(48-3)26(51-32(28)39-16-15-22(41)38-34(39)47)27(29(35)44)52-33-24(43)20(40)17-21(49-33)31(46)37-19-13-11-12-18(2)36-30(19)45/h15-20,24-28,32-33,40,43H,4-14H2,1-3H3,(H2,35,44)(H,36,45)(H,37,46)(H,38,41,47)/t18-,19-,20-,24-,25+,26-,27+,28+,32+,33+/m0/s1. The summed E-state index contributed by atoms with van der Waals surface area (Å²) in [7, 11) is 1.24.